The molecule has 0 bridgehead atoms. The van der Waals surface area contributed by atoms with E-state index in [9.17, 15) is 0 Å². The lowest BCUT2D eigenvalue weighted by atomic mass is 10.4. The molecule has 0 aliphatic carbocycles. The van der Waals surface area contributed by atoms with Gasteiger partial charge in [-0.25, -0.2) is 0 Å². The Balaban J connectivity index is 0. The van der Waals surface area contributed by atoms with Gasteiger partial charge in [-0.05, 0) is 64.7 Å². The summed E-state index contributed by atoms with van der Waals surface area (Å²) in [4.78, 5) is 2.00. The van der Waals surface area contributed by atoms with Gasteiger partial charge in [-0.2, -0.15) is 0 Å². The molecule has 0 aliphatic rings. The van der Waals surface area contributed by atoms with Crippen molar-refractivity contribution in [3.8, 4) is 0 Å². The van der Waals surface area contributed by atoms with Gasteiger partial charge in [0.2, 0.25) is 0 Å². The Hall–Kier alpha value is 1.35. The molecule has 0 heterocycles. The number of halogens is 2. The molecule has 0 spiro atoms. The molecule has 4 heteroatoms. The van der Waals surface area contributed by atoms with Crippen molar-refractivity contribution in [1.82, 2.24) is 4.90 Å². The first kappa shape index (κ1) is 14.9. The van der Waals surface area contributed by atoms with Crippen LogP contribution in [0.2, 0.25) is 0 Å². The molecule has 0 aliphatic heterocycles. The summed E-state index contributed by atoms with van der Waals surface area (Å²) >= 11 is 6.91. The highest BCUT2D eigenvalue weighted by molar-refractivity contribution is 9.69. The van der Waals surface area contributed by atoms with Crippen molar-refractivity contribution < 1.29 is 0 Å². The van der Waals surface area contributed by atoms with Gasteiger partial charge < -0.3 is 4.90 Å². The first-order valence-corrected chi connectivity index (χ1v) is 9.27. The van der Waals surface area contributed by atoms with Crippen molar-refractivity contribution in [3.05, 3.63) is 0 Å². The van der Waals surface area contributed by atoms with E-state index in [0.717, 1.165) is 0 Å². The Kier molecular flexibility index (Phi) is 15.3. The normalized spacial score (nSPS) is 9.82. The van der Waals surface area contributed by atoms with E-state index in [1.165, 1.54) is 19.0 Å². The minimum atomic E-state index is 0.0186. The van der Waals surface area contributed by atoms with Gasteiger partial charge in [-0.1, -0.05) is 13.3 Å². The fourth-order valence-electron chi connectivity index (χ4n) is 0.278. The third-order valence-corrected chi connectivity index (χ3v) is 3.46. The van der Waals surface area contributed by atoms with Crippen molar-refractivity contribution in [3.63, 3.8) is 0 Å². The van der Waals surface area contributed by atoms with Crippen molar-refractivity contribution >= 4 is 36.3 Å². The summed E-state index contributed by atoms with van der Waals surface area (Å²) in [6, 6.07) is 0. The largest absolute Gasteiger partial charge is 0.312 e. The van der Waals surface area contributed by atoms with Crippen LogP contribution >= 0.6 is 36.3 Å². The zero-order valence-corrected chi connectivity index (χ0v) is 11.8. The second kappa shape index (κ2) is 11.4. The molecule has 70 valence electrons. The molecule has 0 saturated carbocycles. The quantitative estimate of drug-likeness (QED) is 0.711. The molecule has 0 amide bonds. The number of nitrogens with zero attached hydrogens (tertiary/aromatic N) is 1. The first-order valence-electron chi connectivity index (χ1n) is 3.70. The topological polar surface area (TPSA) is 3.24 Å². The van der Waals surface area contributed by atoms with Crippen LogP contribution in [0.1, 0.15) is 19.8 Å². The Labute approximate surface area is 88.2 Å². The summed E-state index contributed by atoms with van der Waals surface area (Å²) in [7, 11) is 6.00. The number of unbranched alkanes of at least 4 members (excludes halogenated alkanes) is 1. The monoisotopic (exact) mass is 305 g/mol. The van der Waals surface area contributed by atoms with Gasteiger partial charge in [0.05, 0.1) is 0 Å². The van der Waals surface area contributed by atoms with Crippen LogP contribution in [0, 0.1) is 0 Å². The Morgan fingerprint density at radius 2 is 1.55 bits per heavy atom. The average molecular weight is 307 g/mol. The van der Waals surface area contributed by atoms with Gasteiger partial charge in [-0.15, -0.1) is 0 Å². The zero-order chi connectivity index (χ0) is 9.28. The smallest absolute Gasteiger partial charge is 0.0346 e. The standard InChI is InChI=1S/C4H9Br2P.C3H9N/c1-2-3-4-7(5)6;1-4(2)3/h2-4H2,1H3;1-3H3. The highest BCUT2D eigenvalue weighted by Gasteiger charge is 1.92. The SMILES string of the molecule is CCCCP(Br)Br.CN(C)C. The molecule has 0 aromatic rings. The molecule has 0 rings (SSSR count). The number of hydrogen-bond acceptors (Lipinski definition) is 1. The summed E-state index contributed by atoms with van der Waals surface area (Å²) in [5, 5.41) is 0.0186. The van der Waals surface area contributed by atoms with Crippen molar-refractivity contribution in [2.24, 2.45) is 0 Å². The molecular weight excluding hydrogens is 289 g/mol. The van der Waals surface area contributed by atoms with Crippen LogP contribution < -0.4 is 0 Å². The summed E-state index contributed by atoms with van der Waals surface area (Å²) in [6.45, 7) is 2.21. The lowest BCUT2D eigenvalue weighted by Crippen LogP contribution is -1.99. The van der Waals surface area contributed by atoms with E-state index in [1.54, 1.807) is 0 Å². The molecule has 0 aromatic carbocycles. The highest BCUT2D eigenvalue weighted by Crippen LogP contribution is 2.52. The van der Waals surface area contributed by atoms with Crippen LogP contribution in [0.3, 0.4) is 0 Å². The van der Waals surface area contributed by atoms with Crippen molar-refractivity contribution in [2.75, 3.05) is 27.3 Å². The van der Waals surface area contributed by atoms with E-state index in [0.29, 0.717) is 0 Å². The predicted octanol–water partition coefficient (Wildman–Crippen LogP) is 4.07. The van der Waals surface area contributed by atoms with Crippen LogP contribution in [0.4, 0.5) is 0 Å². The van der Waals surface area contributed by atoms with E-state index in [1.807, 2.05) is 26.0 Å². The molecule has 0 aromatic heterocycles. The predicted molar refractivity (Wildman–Crippen MR) is 64.2 cm³/mol. The average Bonchev–Trinajstić information content (AvgIpc) is 1.82. The van der Waals surface area contributed by atoms with Gasteiger partial charge >= 0.3 is 0 Å². The third-order valence-electron chi connectivity index (χ3n) is 0.681. The molecule has 0 fully saturated rings. The second-order valence-corrected chi connectivity index (χ2v) is 11.8. The molecule has 0 radical (unpaired) electrons. The van der Waals surface area contributed by atoms with Crippen LogP contribution in [0.15, 0.2) is 0 Å². The van der Waals surface area contributed by atoms with E-state index < -0.39 is 0 Å². The van der Waals surface area contributed by atoms with E-state index in [4.69, 9.17) is 0 Å². The Morgan fingerprint density at radius 3 is 1.64 bits per heavy atom. The fraction of sp³-hybridized carbons (Fsp3) is 1.00. The maximum Gasteiger partial charge on any atom is 0.0346 e. The van der Waals surface area contributed by atoms with Crippen LogP contribution in [0.5, 0.6) is 0 Å². The molecule has 11 heavy (non-hydrogen) atoms. The van der Waals surface area contributed by atoms with E-state index in [-0.39, 0.29) is 5.33 Å². The van der Waals surface area contributed by atoms with Crippen LogP contribution in [-0.4, -0.2) is 32.2 Å². The lowest BCUT2D eigenvalue weighted by Gasteiger charge is -1.95. The Morgan fingerprint density at radius 1 is 1.18 bits per heavy atom. The molecule has 0 N–H and O–H groups in total. The molecule has 1 nitrogen and oxygen atoms in total. The van der Waals surface area contributed by atoms with Gasteiger partial charge in [0.1, 0.15) is 0 Å². The summed E-state index contributed by atoms with van der Waals surface area (Å²) in [5.41, 5.74) is 0. The second-order valence-electron chi connectivity index (χ2n) is 2.72. The van der Waals surface area contributed by atoms with Gasteiger partial charge in [0.15, 0.2) is 0 Å². The zero-order valence-electron chi connectivity index (χ0n) is 7.77. The van der Waals surface area contributed by atoms with Crippen molar-refractivity contribution in [1.29, 1.82) is 0 Å². The fourth-order valence-corrected chi connectivity index (χ4v) is 2.34. The molecule has 0 saturated heterocycles. The highest BCUT2D eigenvalue weighted by atomic mass is 79.9. The third kappa shape index (κ3) is 34.7. The molecular formula is C7H18Br2NP. The van der Waals surface area contributed by atoms with E-state index >= 15 is 0 Å². The Bertz CT molecular complexity index is 66.7. The maximum atomic E-state index is 3.46. The summed E-state index contributed by atoms with van der Waals surface area (Å²) in [6.07, 6.45) is 3.93. The number of hydrogen-bond donors (Lipinski definition) is 0. The van der Waals surface area contributed by atoms with E-state index in [2.05, 4.69) is 37.9 Å². The summed E-state index contributed by atoms with van der Waals surface area (Å²) < 4.78 is 0. The first-order chi connectivity index (χ1) is 5.00. The minimum Gasteiger partial charge on any atom is -0.312 e. The summed E-state index contributed by atoms with van der Waals surface area (Å²) in [5.74, 6) is 0. The maximum absolute atomic E-state index is 3.46. The van der Waals surface area contributed by atoms with Crippen molar-refractivity contribution in [2.45, 2.75) is 19.8 Å². The van der Waals surface area contributed by atoms with Gasteiger partial charge in [-0.3, -0.25) is 0 Å². The van der Waals surface area contributed by atoms with Crippen LogP contribution in [-0.2, 0) is 0 Å². The number of rotatable bonds is 3. The molecule has 0 unspecified atom stereocenters. The molecule has 0 atom stereocenters. The van der Waals surface area contributed by atoms with Crippen LogP contribution in [0.25, 0.3) is 0 Å². The van der Waals surface area contributed by atoms with Gasteiger partial charge in [0.25, 0.3) is 0 Å². The minimum absolute atomic E-state index is 0.0186. The van der Waals surface area contributed by atoms with Gasteiger partial charge in [0, 0.05) is 5.33 Å². The lowest BCUT2D eigenvalue weighted by molar-refractivity contribution is 0.505.